The Labute approximate surface area is 129 Å². The summed E-state index contributed by atoms with van der Waals surface area (Å²) < 4.78 is 5.29. The lowest BCUT2D eigenvalue weighted by Crippen LogP contribution is -2.21. The first-order chi connectivity index (χ1) is 10.8. The minimum atomic E-state index is -0.343. The second-order valence-electron chi connectivity index (χ2n) is 5.59. The van der Waals surface area contributed by atoms with Gasteiger partial charge in [0.1, 0.15) is 0 Å². The smallest absolute Gasteiger partial charge is 0.217 e. The van der Waals surface area contributed by atoms with Crippen molar-refractivity contribution in [2.45, 2.75) is 19.1 Å². The predicted octanol–water partition coefficient (Wildman–Crippen LogP) is 0.916. The molecule has 0 bridgehead atoms. The fraction of sp³-hybridized carbons (Fsp3) is 0.438. The van der Waals surface area contributed by atoms with E-state index in [2.05, 4.69) is 19.9 Å². The highest BCUT2D eigenvalue weighted by Crippen LogP contribution is 2.24. The fourth-order valence-electron chi connectivity index (χ4n) is 2.94. The molecule has 0 amide bonds. The van der Waals surface area contributed by atoms with Crippen molar-refractivity contribution < 1.29 is 9.84 Å². The molecule has 1 saturated heterocycles. The summed E-state index contributed by atoms with van der Waals surface area (Å²) >= 11 is 0. The van der Waals surface area contributed by atoms with Gasteiger partial charge in [0.05, 0.1) is 18.9 Å². The van der Waals surface area contributed by atoms with Gasteiger partial charge in [0, 0.05) is 55.9 Å². The first-order valence-corrected chi connectivity index (χ1v) is 7.39. The minimum Gasteiger partial charge on any atom is -0.481 e. The van der Waals surface area contributed by atoms with Gasteiger partial charge < -0.3 is 9.84 Å². The van der Waals surface area contributed by atoms with Crippen LogP contribution in [0.1, 0.15) is 11.3 Å². The molecule has 22 heavy (non-hydrogen) atoms. The summed E-state index contributed by atoms with van der Waals surface area (Å²) in [7, 11) is 1.63. The third kappa shape index (κ3) is 3.40. The van der Waals surface area contributed by atoms with Crippen molar-refractivity contribution in [3.05, 3.63) is 48.2 Å². The third-order valence-electron chi connectivity index (χ3n) is 4.01. The first-order valence-electron chi connectivity index (χ1n) is 7.39. The third-order valence-corrected chi connectivity index (χ3v) is 4.01. The lowest BCUT2D eigenvalue weighted by Gasteiger charge is -2.16. The number of hydrogen-bond acceptors (Lipinski definition) is 6. The average Bonchev–Trinajstić information content (AvgIpc) is 2.88. The molecule has 0 saturated carbocycles. The minimum absolute atomic E-state index is 0.180. The molecule has 116 valence electrons. The number of hydrogen-bond donors (Lipinski definition) is 1. The molecular weight excluding hydrogens is 280 g/mol. The Hall–Kier alpha value is -2.05. The number of aliphatic hydroxyl groups excluding tert-OH is 1. The normalized spacial score (nSPS) is 21.9. The van der Waals surface area contributed by atoms with Crippen LogP contribution in [0.15, 0.2) is 36.9 Å². The van der Waals surface area contributed by atoms with Crippen LogP contribution in [0.5, 0.6) is 5.88 Å². The Morgan fingerprint density at radius 3 is 2.95 bits per heavy atom. The van der Waals surface area contributed by atoms with Crippen molar-refractivity contribution in [1.82, 2.24) is 19.9 Å². The van der Waals surface area contributed by atoms with E-state index in [1.54, 1.807) is 31.9 Å². The zero-order valence-electron chi connectivity index (χ0n) is 12.6. The highest BCUT2D eigenvalue weighted by atomic mass is 16.5. The molecular formula is C16H20N4O2. The van der Waals surface area contributed by atoms with E-state index in [0.29, 0.717) is 12.4 Å². The van der Waals surface area contributed by atoms with Gasteiger partial charge >= 0.3 is 0 Å². The second kappa shape index (κ2) is 6.81. The van der Waals surface area contributed by atoms with Gasteiger partial charge in [0.25, 0.3) is 0 Å². The van der Waals surface area contributed by atoms with Gasteiger partial charge in [-0.15, -0.1) is 0 Å². The number of ether oxygens (including phenoxy) is 1. The molecule has 0 spiro atoms. The highest BCUT2D eigenvalue weighted by molar-refractivity contribution is 5.25. The quantitative estimate of drug-likeness (QED) is 0.885. The number of β-amino-alcohol motifs (C(OH)–C–C–N with tert-alkyl or cyclic N) is 1. The number of methoxy groups -OCH3 is 1. The zero-order chi connectivity index (χ0) is 15.4. The van der Waals surface area contributed by atoms with Crippen molar-refractivity contribution in [1.29, 1.82) is 0 Å². The largest absolute Gasteiger partial charge is 0.481 e. The van der Waals surface area contributed by atoms with Crippen molar-refractivity contribution >= 4 is 0 Å². The van der Waals surface area contributed by atoms with E-state index in [1.807, 2.05) is 12.1 Å². The highest BCUT2D eigenvalue weighted by Gasteiger charge is 2.32. The molecule has 1 fully saturated rings. The van der Waals surface area contributed by atoms with Gasteiger partial charge in [0.15, 0.2) is 0 Å². The molecule has 1 N–H and O–H groups in total. The maximum Gasteiger partial charge on any atom is 0.217 e. The maximum atomic E-state index is 10.3. The predicted molar refractivity (Wildman–Crippen MR) is 81.3 cm³/mol. The van der Waals surface area contributed by atoms with E-state index in [-0.39, 0.29) is 12.0 Å². The number of aliphatic hydroxyl groups is 1. The van der Waals surface area contributed by atoms with Crippen LogP contribution in [-0.4, -0.2) is 51.3 Å². The summed E-state index contributed by atoms with van der Waals surface area (Å²) in [6.07, 6.45) is 7.24. The van der Waals surface area contributed by atoms with Crippen LogP contribution in [0, 0.1) is 5.92 Å². The van der Waals surface area contributed by atoms with E-state index in [1.165, 1.54) is 0 Å². The molecule has 0 aromatic carbocycles. The summed E-state index contributed by atoms with van der Waals surface area (Å²) in [5.41, 5.74) is 1.96. The Balaban J connectivity index is 1.63. The first kappa shape index (κ1) is 14.9. The van der Waals surface area contributed by atoms with Crippen LogP contribution in [0.25, 0.3) is 0 Å². The molecule has 1 aliphatic rings. The summed E-state index contributed by atoms with van der Waals surface area (Å²) in [5, 5.41) is 10.3. The monoisotopic (exact) mass is 300 g/mol. The Kier molecular flexibility index (Phi) is 4.60. The summed E-state index contributed by atoms with van der Waals surface area (Å²) in [6.45, 7) is 2.21. The molecule has 6 heteroatoms. The summed E-state index contributed by atoms with van der Waals surface area (Å²) in [4.78, 5) is 14.8. The van der Waals surface area contributed by atoms with E-state index < -0.39 is 0 Å². The Morgan fingerprint density at radius 2 is 2.18 bits per heavy atom. The average molecular weight is 300 g/mol. The maximum absolute atomic E-state index is 10.3. The van der Waals surface area contributed by atoms with E-state index in [4.69, 9.17) is 4.74 Å². The number of pyridine rings is 1. The van der Waals surface area contributed by atoms with Crippen LogP contribution in [0.3, 0.4) is 0 Å². The molecule has 3 rings (SSSR count). The lowest BCUT2D eigenvalue weighted by molar-refractivity contribution is 0.140. The number of nitrogens with zero attached hydrogens (tertiary/aromatic N) is 4. The molecule has 1 aliphatic heterocycles. The van der Waals surface area contributed by atoms with Crippen molar-refractivity contribution in [3.8, 4) is 5.88 Å². The molecule has 2 aromatic heterocycles. The van der Waals surface area contributed by atoms with Crippen molar-refractivity contribution in [3.63, 3.8) is 0 Å². The standard InChI is InChI=1S/C16H20N4O2/c1-22-16-12(3-2-4-19-16)9-20-10-13(15(21)11-20)7-14-8-17-5-6-18-14/h2-6,8,13,15,21H,7,9-11H2,1H3/t13-,15-/m1/s1. The van der Waals surface area contributed by atoms with Crippen molar-refractivity contribution in [2.75, 3.05) is 20.2 Å². The van der Waals surface area contributed by atoms with Crippen LogP contribution in [0.4, 0.5) is 0 Å². The zero-order valence-corrected chi connectivity index (χ0v) is 12.6. The van der Waals surface area contributed by atoms with Gasteiger partial charge in [0.2, 0.25) is 5.88 Å². The van der Waals surface area contributed by atoms with Gasteiger partial charge in [-0.2, -0.15) is 0 Å². The Morgan fingerprint density at radius 1 is 1.27 bits per heavy atom. The van der Waals surface area contributed by atoms with E-state index in [9.17, 15) is 5.11 Å². The van der Waals surface area contributed by atoms with E-state index in [0.717, 1.165) is 30.8 Å². The van der Waals surface area contributed by atoms with Crippen LogP contribution >= 0.6 is 0 Å². The van der Waals surface area contributed by atoms with Crippen LogP contribution < -0.4 is 4.74 Å². The fourth-order valence-corrected chi connectivity index (χ4v) is 2.94. The molecule has 0 aliphatic carbocycles. The van der Waals surface area contributed by atoms with Gasteiger partial charge in [-0.25, -0.2) is 4.98 Å². The topological polar surface area (TPSA) is 71.4 Å². The molecule has 0 radical (unpaired) electrons. The van der Waals surface area contributed by atoms with Gasteiger partial charge in [-0.1, -0.05) is 6.07 Å². The number of aromatic nitrogens is 3. The molecule has 2 atom stereocenters. The number of likely N-dealkylation sites (tertiary alicyclic amines) is 1. The molecule has 0 unspecified atom stereocenters. The van der Waals surface area contributed by atoms with Crippen LogP contribution in [-0.2, 0) is 13.0 Å². The molecule has 2 aromatic rings. The number of rotatable bonds is 5. The summed E-state index contributed by atoms with van der Waals surface area (Å²) in [6, 6.07) is 3.91. The lowest BCUT2D eigenvalue weighted by atomic mass is 10.0. The second-order valence-corrected chi connectivity index (χ2v) is 5.59. The SMILES string of the molecule is COc1ncccc1CN1C[C@@H](Cc2cnccn2)[C@H](O)C1. The van der Waals surface area contributed by atoms with Gasteiger partial charge in [-0.3, -0.25) is 14.9 Å². The van der Waals surface area contributed by atoms with Crippen LogP contribution in [0.2, 0.25) is 0 Å². The van der Waals surface area contributed by atoms with Gasteiger partial charge in [-0.05, 0) is 12.5 Å². The molecule has 6 nitrogen and oxygen atoms in total. The summed E-state index contributed by atoms with van der Waals surface area (Å²) in [5.74, 6) is 0.828. The molecule has 3 heterocycles. The van der Waals surface area contributed by atoms with Crippen molar-refractivity contribution in [2.24, 2.45) is 5.92 Å². The Bertz CT molecular complexity index is 608. The van der Waals surface area contributed by atoms with E-state index >= 15 is 0 Å².